The highest BCUT2D eigenvalue weighted by atomic mass is 32.1. The fraction of sp³-hybridized carbons (Fsp3) is 0.0526. The van der Waals surface area contributed by atoms with Gasteiger partial charge in [-0.05, 0) is 23.1 Å². The van der Waals surface area contributed by atoms with Gasteiger partial charge in [0, 0.05) is 12.1 Å². The molecule has 0 unspecified atom stereocenters. The lowest BCUT2D eigenvalue weighted by atomic mass is 10.0. The molecule has 1 N–H and O–H groups in total. The summed E-state index contributed by atoms with van der Waals surface area (Å²) < 4.78 is 0. The Hall–Kier alpha value is -2.72. The van der Waals surface area contributed by atoms with Gasteiger partial charge < -0.3 is 5.32 Å². The second kappa shape index (κ2) is 7.03. The first kappa shape index (κ1) is 15.2. The zero-order chi connectivity index (χ0) is 16.1. The Balaban J connectivity index is 1.80. The van der Waals surface area contributed by atoms with Crippen LogP contribution in [0.1, 0.15) is 31.2 Å². The second-order valence-electron chi connectivity index (χ2n) is 5.02. The molecule has 0 bridgehead atoms. The van der Waals surface area contributed by atoms with Crippen LogP contribution in [0.2, 0.25) is 0 Å². The number of amides is 1. The van der Waals surface area contributed by atoms with Gasteiger partial charge in [0.25, 0.3) is 5.91 Å². The predicted octanol–water partition coefficient (Wildman–Crippen LogP) is 3.91. The number of ketones is 1. The Bertz CT molecular complexity index is 810. The van der Waals surface area contributed by atoms with Crippen molar-refractivity contribution in [2.45, 2.75) is 6.54 Å². The molecule has 0 aliphatic rings. The van der Waals surface area contributed by atoms with Crippen LogP contribution in [0.4, 0.5) is 0 Å². The Morgan fingerprint density at radius 3 is 2.22 bits per heavy atom. The molecule has 0 aliphatic heterocycles. The van der Waals surface area contributed by atoms with E-state index in [1.165, 1.54) is 11.3 Å². The summed E-state index contributed by atoms with van der Waals surface area (Å²) in [6.45, 7) is 0.432. The number of carbonyl (C=O) groups is 2. The molecule has 0 spiro atoms. The molecule has 114 valence electrons. The van der Waals surface area contributed by atoms with Crippen LogP contribution in [0.3, 0.4) is 0 Å². The topological polar surface area (TPSA) is 46.2 Å². The van der Waals surface area contributed by atoms with Crippen LogP contribution >= 0.6 is 11.3 Å². The summed E-state index contributed by atoms with van der Waals surface area (Å²) in [4.78, 5) is 25.6. The summed E-state index contributed by atoms with van der Waals surface area (Å²) in [5, 5.41) is 4.72. The molecule has 0 fully saturated rings. The first-order valence-corrected chi connectivity index (χ1v) is 8.13. The number of thiophene rings is 1. The van der Waals surface area contributed by atoms with Crippen LogP contribution in [0.25, 0.3) is 0 Å². The van der Waals surface area contributed by atoms with E-state index in [9.17, 15) is 9.59 Å². The van der Waals surface area contributed by atoms with Crippen molar-refractivity contribution in [3.05, 3.63) is 93.7 Å². The minimum atomic E-state index is -0.241. The molecule has 0 saturated heterocycles. The first-order chi connectivity index (χ1) is 11.3. The van der Waals surface area contributed by atoms with Gasteiger partial charge in [0.05, 0.1) is 10.4 Å². The number of benzene rings is 2. The number of hydrogen-bond donors (Lipinski definition) is 1. The molecule has 3 nitrogen and oxygen atoms in total. The highest BCUT2D eigenvalue weighted by Gasteiger charge is 2.18. The third kappa shape index (κ3) is 3.55. The van der Waals surface area contributed by atoms with Gasteiger partial charge in [0.15, 0.2) is 0 Å². The largest absolute Gasteiger partial charge is 0.348 e. The Morgan fingerprint density at radius 2 is 1.52 bits per heavy atom. The van der Waals surface area contributed by atoms with E-state index in [4.69, 9.17) is 0 Å². The molecule has 4 heteroatoms. The van der Waals surface area contributed by atoms with E-state index in [-0.39, 0.29) is 11.7 Å². The van der Waals surface area contributed by atoms with Crippen molar-refractivity contribution in [3.8, 4) is 0 Å². The van der Waals surface area contributed by atoms with Gasteiger partial charge in [0.2, 0.25) is 5.78 Å². The van der Waals surface area contributed by atoms with Crippen LogP contribution in [0, 0.1) is 0 Å². The van der Waals surface area contributed by atoms with E-state index < -0.39 is 0 Å². The molecular weight excluding hydrogens is 306 g/mol. The lowest BCUT2D eigenvalue weighted by Gasteiger charge is -2.09. The molecule has 3 rings (SSSR count). The molecular formula is C19H15NO2S. The van der Waals surface area contributed by atoms with Crippen molar-refractivity contribution in [2.24, 2.45) is 0 Å². The minimum Gasteiger partial charge on any atom is -0.348 e. The molecule has 1 aromatic heterocycles. The second-order valence-corrected chi connectivity index (χ2v) is 5.97. The summed E-state index contributed by atoms with van der Waals surface area (Å²) in [5.41, 5.74) is 1.85. The third-order valence-corrected chi connectivity index (χ3v) is 4.33. The van der Waals surface area contributed by atoms with Gasteiger partial charge in [-0.2, -0.15) is 0 Å². The lowest BCUT2D eigenvalue weighted by Crippen LogP contribution is -2.24. The number of hydrogen-bond acceptors (Lipinski definition) is 3. The van der Waals surface area contributed by atoms with E-state index in [2.05, 4.69) is 5.32 Å². The summed E-state index contributed by atoms with van der Waals surface area (Å²) in [7, 11) is 0. The SMILES string of the molecule is O=C(NCc1ccccc1)c1ccccc1C(=O)c1cccs1. The van der Waals surface area contributed by atoms with Crippen molar-refractivity contribution in [2.75, 3.05) is 0 Å². The zero-order valence-corrected chi connectivity index (χ0v) is 13.2. The molecule has 2 aromatic carbocycles. The highest BCUT2D eigenvalue weighted by Crippen LogP contribution is 2.18. The predicted molar refractivity (Wildman–Crippen MR) is 91.8 cm³/mol. The quantitative estimate of drug-likeness (QED) is 0.724. The van der Waals surface area contributed by atoms with Crippen molar-refractivity contribution in [1.29, 1.82) is 0 Å². The maximum atomic E-state index is 12.5. The summed E-state index contributed by atoms with van der Waals surface area (Å²) in [5.74, 6) is -0.361. The smallest absolute Gasteiger partial charge is 0.252 e. The van der Waals surface area contributed by atoms with E-state index in [1.807, 2.05) is 41.8 Å². The third-order valence-electron chi connectivity index (χ3n) is 3.46. The van der Waals surface area contributed by atoms with Crippen molar-refractivity contribution in [1.82, 2.24) is 5.32 Å². The van der Waals surface area contributed by atoms with Gasteiger partial charge in [-0.3, -0.25) is 9.59 Å². The standard InChI is InChI=1S/C19H15NO2S/c21-18(17-11-6-12-23-17)15-9-4-5-10-16(15)19(22)20-13-14-7-2-1-3-8-14/h1-12H,13H2,(H,20,22). The van der Waals surface area contributed by atoms with Gasteiger partial charge in [-0.15, -0.1) is 11.3 Å². The molecule has 0 radical (unpaired) electrons. The molecule has 0 atom stereocenters. The van der Waals surface area contributed by atoms with E-state index in [1.54, 1.807) is 30.3 Å². The van der Waals surface area contributed by atoms with Crippen molar-refractivity contribution >= 4 is 23.0 Å². The van der Waals surface area contributed by atoms with Gasteiger partial charge in [0.1, 0.15) is 0 Å². The van der Waals surface area contributed by atoms with Gasteiger partial charge in [-0.25, -0.2) is 0 Å². The van der Waals surface area contributed by atoms with Gasteiger partial charge >= 0.3 is 0 Å². The Labute approximate surface area is 138 Å². The average molecular weight is 321 g/mol. The van der Waals surface area contributed by atoms with Crippen molar-refractivity contribution in [3.63, 3.8) is 0 Å². The zero-order valence-electron chi connectivity index (χ0n) is 12.4. The maximum Gasteiger partial charge on any atom is 0.252 e. The lowest BCUT2D eigenvalue weighted by molar-refractivity contribution is 0.0940. The molecule has 1 heterocycles. The summed E-state index contributed by atoms with van der Waals surface area (Å²) >= 11 is 1.38. The minimum absolute atomic E-state index is 0.120. The Morgan fingerprint density at radius 1 is 0.826 bits per heavy atom. The fourth-order valence-electron chi connectivity index (χ4n) is 2.29. The number of rotatable bonds is 5. The van der Waals surface area contributed by atoms with Crippen molar-refractivity contribution < 1.29 is 9.59 Å². The number of carbonyl (C=O) groups excluding carboxylic acids is 2. The first-order valence-electron chi connectivity index (χ1n) is 7.25. The molecule has 0 aliphatic carbocycles. The van der Waals surface area contributed by atoms with Crippen LogP contribution in [-0.4, -0.2) is 11.7 Å². The molecule has 1 amide bonds. The van der Waals surface area contributed by atoms with Gasteiger partial charge in [-0.1, -0.05) is 54.6 Å². The molecule has 3 aromatic rings. The monoisotopic (exact) mass is 321 g/mol. The maximum absolute atomic E-state index is 12.5. The summed E-state index contributed by atoms with van der Waals surface area (Å²) in [6, 6.07) is 20.2. The van der Waals surface area contributed by atoms with Crippen LogP contribution in [-0.2, 0) is 6.54 Å². The van der Waals surface area contributed by atoms with E-state index >= 15 is 0 Å². The van der Waals surface area contributed by atoms with E-state index in [0.29, 0.717) is 22.5 Å². The highest BCUT2D eigenvalue weighted by molar-refractivity contribution is 7.12. The fourth-order valence-corrected chi connectivity index (χ4v) is 2.97. The van der Waals surface area contributed by atoms with E-state index in [0.717, 1.165) is 5.56 Å². The average Bonchev–Trinajstić information content (AvgIpc) is 3.14. The number of nitrogens with one attached hydrogen (secondary N) is 1. The molecule has 0 saturated carbocycles. The van der Waals surface area contributed by atoms with Crippen LogP contribution < -0.4 is 5.32 Å². The van der Waals surface area contributed by atoms with Crippen LogP contribution in [0.15, 0.2) is 72.1 Å². The Kier molecular flexibility index (Phi) is 4.64. The molecule has 23 heavy (non-hydrogen) atoms. The summed E-state index contributed by atoms with van der Waals surface area (Å²) in [6.07, 6.45) is 0. The normalized spacial score (nSPS) is 10.3. The van der Waals surface area contributed by atoms with Crippen LogP contribution in [0.5, 0.6) is 0 Å².